The Balaban J connectivity index is 0.00000450. The molecule has 170 valence electrons. The summed E-state index contributed by atoms with van der Waals surface area (Å²) in [5, 5.41) is 9.75. The van der Waals surface area contributed by atoms with Gasteiger partial charge in [0.1, 0.15) is 0 Å². The Kier molecular flexibility index (Phi) is 14.5. The van der Waals surface area contributed by atoms with Gasteiger partial charge in [0.15, 0.2) is 5.96 Å². The van der Waals surface area contributed by atoms with Gasteiger partial charge in [-0.15, -0.1) is 24.0 Å². The van der Waals surface area contributed by atoms with Crippen LogP contribution in [-0.2, 0) is 16.1 Å². The average Bonchev–Trinajstić information content (AvgIpc) is 2.75. The number of guanidine groups is 1. The molecule has 7 heteroatoms. The standard InChI is InChI=1S/C23H38N4O2.HI/c1-3-24-23(25-15-8-9-16-29-4-2)26-18-19-11-10-14-21(17-19)27-22(28)20-12-6-5-7-13-20;/h10-11,14,17,20H,3-9,12-13,15-16,18H2,1-2H3,(H,27,28)(H2,24,25,26);1H. The molecule has 0 atom stereocenters. The van der Waals surface area contributed by atoms with Crippen LogP contribution in [0.2, 0.25) is 0 Å². The summed E-state index contributed by atoms with van der Waals surface area (Å²) in [6.07, 6.45) is 7.70. The predicted molar refractivity (Wildman–Crippen MR) is 136 cm³/mol. The lowest BCUT2D eigenvalue weighted by Crippen LogP contribution is -2.37. The second-order valence-corrected chi connectivity index (χ2v) is 7.55. The lowest BCUT2D eigenvalue weighted by molar-refractivity contribution is -0.120. The number of hydrogen-bond donors (Lipinski definition) is 3. The minimum atomic E-state index is 0. The van der Waals surface area contributed by atoms with Gasteiger partial charge in [-0.3, -0.25) is 4.79 Å². The number of unbranched alkanes of at least 4 members (excludes halogenated alkanes) is 1. The summed E-state index contributed by atoms with van der Waals surface area (Å²) >= 11 is 0. The molecule has 1 saturated carbocycles. The van der Waals surface area contributed by atoms with Crippen molar-refractivity contribution in [2.45, 2.75) is 65.3 Å². The highest BCUT2D eigenvalue weighted by Gasteiger charge is 2.20. The smallest absolute Gasteiger partial charge is 0.227 e. The van der Waals surface area contributed by atoms with Crippen LogP contribution in [0.1, 0.15) is 64.4 Å². The fourth-order valence-electron chi connectivity index (χ4n) is 3.55. The maximum Gasteiger partial charge on any atom is 0.227 e. The SMILES string of the molecule is CCNC(=NCc1cccc(NC(=O)C2CCCCC2)c1)NCCCCOCC.I. The molecule has 0 aliphatic heterocycles. The van der Waals surface area contributed by atoms with E-state index in [1.54, 1.807) is 0 Å². The number of amides is 1. The zero-order valence-corrected chi connectivity index (χ0v) is 20.9. The monoisotopic (exact) mass is 530 g/mol. The van der Waals surface area contributed by atoms with E-state index in [9.17, 15) is 4.79 Å². The normalized spacial score (nSPS) is 14.7. The molecule has 1 aromatic rings. The van der Waals surface area contributed by atoms with Gasteiger partial charge in [-0.1, -0.05) is 31.4 Å². The van der Waals surface area contributed by atoms with Crippen molar-refractivity contribution in [3.63, 3.8) is 0 Å². The highest BCUT2D eigenvalue weighted by atomic mass is 127. The number of aliphatic imine (C=N–C) groups is 1. The first-order valence-electron chi connectivity index (χ1n) is 11.2. The summed E-state index contributed by atoms with van der Waals surface area (Å²) < 4.78 is 5.37. The number of anilines is 1. The van der Waals surface area contributed by atoms with Crippen LogP contribution < -0.4 is 16.0 Å². The fraction of sp³-hybridized carbons (Fsp3) is 0.652. The number of carbonyl (C=O) groups is 1. The third-order valence-electron chi connectivity index (χ3n) is 5.15. The third-order valence-corrected chi connectivity index (χ3v) is 5.15. The lowest BCUT2D eigenvalue weighted by Gasteiger charge is -2.20. The van der Waals surface area contributed by atoms with E-state index in [1.807, 2.05) is 31.2 Å². The van der Waals surface area contributed by atoms with E-state index < -0.39 is 0 Å². The average molecular weight is 530 g/mol. The minimum Gasteiger partial charge on any atom is -0.382 e. The zero-order chi connectivity index (χ0) is 20.7. The van der Waals surface area contributed by atoms with E-state index in [0.29, 0.717) is 6.54 Å². The minimum absolute atomic E-state index is 0. The van der Waals surface area contributed by atoms with Crippen LogP contribution >= 0.6 is 24.0 Å². The summed E-state index contributed by atoms with van der Waals surface area (Å²) in [6, 6.07) is 8.01. The molecule has 3 N–H and O–H groups in total. The van der Waals surface area contributed by atoms with Crippen LogP contribution in [0.4, 0.5) is 5.69 Å². The Morgan fingerprint density at radius 3 is 2.67 bits per heavy atom. The first kappa shape index (κ1) is 26.7. The Labute approximate surface area is 199 Å². The van der Waals surface area contributed by atoms with Crippen LogP contribution in [-0.4, -0.2) is 38.2 Å². The van der Waals surface area contributed by atoms with Crippen molar-refractivity contribution < 1.29 is 9.53 Å². The van der Waals surface area contributed by atoms with Gasteiger partial charge in [0.25, 0.3) is 0 Å². The van der Waals surface area contributed by atoms with Gasteiger partial charge in [-0.25, -0.2) is 4.99 Å². The zero-order valence-electron chi connectivity index (χ0n) is 18.5. The van der Waals surface area contributed by atoms with Crippen LogP contribution in [0, 0.1) is 5.92 Å². The number of rotatable bonds is 11. The molecule has 0 spiro atoms. The van der Waals surface area contributed by atoms with Crippen molar-refractivity contribution in [2.24, 2.45) is 10.9 Å². The second kappa shape index (κ2) is 16.4. The number of ether oxygens (including phenoxy) is 1. The van der Waals surface area contributed by atoms with E-state index in [4.69, 9.17) is 4.74 Å². The van der Waals surface area contributed by atoms with Crippen molar-refractivity contribution in [3.05, 3.63) is 29.8 Å². The van der Waals surface area contributed by atoms with Crippen molar-refractivity contribution in [1.29, 1.82) is 0 Å². The first-order valence-corrected chi connectivity index (χ1v) is 11.2. The van der Waals surface area contributed by atoms with Crippen molar-refractivity contribution in [2.75, 3.05) is 31.6 Å². The molecular formula is C23H39IN4O2. The van der Waals surface area contributed by atoms with E-state index >= 15 is 0 Å². The molecule has 30 heavy (non-hydrogen) atoms. The molecule has 0 radical (unpaired) electrons. The number of halogens is 1. The predicted octanol–water partition coefficient (Wildman–Crippen LogP) is 4.70. The van der Waals surface area contributed by atoms with Gasteiger partial charge >= 0.3 is 0 Å². The van der Waals surface area contributed by atoms with Crippen molar-refractivity contribution in [1.82, 2.24) is 10.6 Å². The molecule has 1 fully saturated rings. The molecule has 0 bridgehead atoms. The molecule has 0 aromatic heterocycles. The summed E-state index contributed by atoms with van der Waals surface area (Å²) in [6.45, 7) is 7.93. The number of nitrogens with one attached hydrogen (secondary N) is 3. The molecule has 6 nitrogen and oxygen atoms in total. The molecule has 0 unspecified atom stereocenters. The Bertz CT molecular complexity index is 633. The fourth-order valence-corrected chi connectivity index (χ4v) is 3.55. The highest BCUT2D eigenvalue weighted by Crippen LogP contribution is 2.25. The van der Waals surface area contributed by atoms with E-state index in [1.165, 1.54) is 19.3 Å². The van der Waals surface area contributed by atoms with E-state index in [0.717, 1.165) is 69.2 Å². The second-order valence-electron chi connectivity index (χ2n) is 7.55. The molecule has 2 rings (SSSR count). The number of benzene rings is 1. The Morgan fingerprint density at radius 1 is 1.13 bits per heavy atom. The van der Waals surface area contributed by atoms with E-state index in [-0.39, 0.29) is 35.8 Å². The van der Waals surface area contributed by atoms with Gasteiger partial charge in [0, 0.05) is 37.9 Å². The van der Waals surface area contributed by atoms with Gasteiger partial charge < -0.3 is 20.7 Å². The quantitative estimate of drug-likeness (QED) is 0.168. The van der Waals surface area contributed by atoms with Gasteiger partial charge in [-0.05, 0) is 57.2 Å². The summed E-state index contributed by atoms with van der Waals surface area (Å²) in [7, 11) is 0. The van der Waals surface area contributed by atoms with Crippen molar-refractivity contribution in [3.8, 4) is 0 Å². The molecule has 1 amide bonds. The molecule has 1 aliphatic carbocycles. The van der Waals surface area contributed by atoms with Gasteiger partial charge in [0.2, 0.25) is 5.91 Å². The maximum absolute atomic E-state index is 12.5. The molecular weight excluding hydrogens is 491 g/mol. The third kappa shape index (κ3) is 10.6. The first-order chi connectivity index (χ1) is 14.2. The van der Waals surface area contributed by atoms with Crippen LogP contribution in [0.25, 0.3) is 0 Å². The maximum atomic E-state index is 12.5. The van der Waals surface area contributed by atoms with Crippen LogP contribution in [0.15, 0.2) is 29.3 Å². The number of hydrogen-bond acceptors (Lipinski definition) is 3. The number of nitrogens with zero attached hydrogens (tertiary/aromatic N) is 1. The van der Waals surface area contributed by atoms with Crippen molar-refractivity contribution >= 4 is 41.5 Å². The Morgan fingerprint density at radius 2 is 1.93 bits per heavy atom. The topological polar surface area (TPSA) is 74.8 Å². The number of carbonyl (C=O) groups excluding carboxylic acids is 1. The molecule has 1 aliphatic rings. The lowest BCUT2D eigenvalue weighted by atomic mass is 9.88. The molecule has 1 aromatic carbocycles. The molecule has 0 saturated heterocycles. The van der Waals surface area contributed by atoms with Crippen LogP contribution in [0.3, 0.4) is 0 Å². The van der Waals surface area contributed by atoms with Gasteiger partial charge in [0.05, 0.1) is 6.54 Å². The van der Waals surface area contributed by atoms with Crippen LogP contribution in [0.5, 0.6) is 0 Å². The Hall–Kier alpha value is -1.35. The summed E-state index contributed by atoms with van der Waals surface area (Å²) in [4.78, 5) is 17.2. The summed E-state index contributed by atoms with van der Waals surface area (Å²) in [5.74, 6) is 1.14. The largest absolute Gasteiger partial charge is 0.382 e. The molecule has 0 heterocycles. The van der Waals surface area contributed by atoms with Gasteiger partial charge in [-0.2, -0.15) is 0 Å². The highest BCUT2D eigenvalue weighted by molar-refractivity contribution is 14.0. The summed E-state index contributed by atoms with van der Waals surface area (Å²) in [5.41, 5.74) is 1.95. The van der Waals surface area contributed by atoms with E-state index in [2.05, 4.69) is 27.9 Å².